The van der Waals surface area contributed by atoms with Crippen LogP contribution in [0.4, 0.5) is 13.2 Å². The lowest BCUT2D eigenvalue weighted by atomic mass is 9.95. The van der Waals surface area contributed by atoms with Crippen molar-refractivity contribution in [2.24, 2.45) is 17.6 Å². The van der Waals surface area contributed by atoms with Crippen LogP contribution in [0.15, 0.2) is 0 Å². The molecule has 0 saturated carbocycles. The molecule has 78 valence electrons. The molecular formula is C6H10ClF3N2O. The highest BCUT2D eigenvalue weighted by Gasteiger charge is 2.49. The second-order valence-corrected chi connectivity index (χ2v) is 2.82. The number of amides is 1. The van der Waals surface area contributed by atoms with Gasteiger partial charge in [0.1, 0.15) is 0 Å². The quantitative estimate of drug-likeness (QED) is 0.665. The number of primary amides is 1. The molecule has 3 nitrogen and oxygen atoms in total. The fourth-order valence-corrected chi connectivity index (χ4v) is 1.32. The van der Waals surface area contributed by atoms with Crippen molar-refractivity contribution in [2.75, 3.05) is 13.1 Å². The van der Waals surface area contributed by atoms with E-state index in [9.17, 15) is 18.0 Å². The minimum Gasteiger partial charge on any atom is -0.369 e. The van der Waals surface area contributed by atoms with Gasteiger partial charge in [-0.05, 0) is 0 Å². The van der Waals surface area contributed by atoms with Crippen LogP contribution < -0.4 is 11.1 Å². The molecule has 1 aliphatic rings. The Morgan fingerprint density at radius 3 is 2.23 bits per heavy atom. The van der Waals surface area contributed by atoms with Gasteiger partial charge in [0.2, 0.25) is 5.91 Å². The first kappa shape index (κ1) is 12.5. The normalized spacial score (nSPS) is 28.2. The third-order valence-electron chi connectivity index (χ3n) is 2.00. The van der Waals surface area contributed by atoms with Gasteiger partial charge in [0, 0.05) is 13.1 Å². The second kappa shape index (κ2) is 4.15. The average molecular weight is 219 g/mol. The SMILES string of the molecule is Cl.NC(=O)[C@@H]1CNC[C@H]1C(F)(F)F. The van der Waals surface area contributed by atoms with E-state index in [1.165, 1.54) is 0 Å². The topological polar surface area (TPSA) is 55.1 Å². The van der Waals surface area contributed by atoms with Gasteiger partial charge in [-0.1, -0.05) is 0 Å². The minimum absolute atomic E-state index is 0. The van der Waals surface area contributed by atoms with E-state index in [1.54, 1.807) is 0 Å². The van der Waals surface area contributed by atoms with Crippen LogP contribution in [0.3, 0.4) is 0 Å². The van der Waals surface area contributed by atoms with Gasteiger partial charge >= 0.3 is 6.18 Å². The smallest absolute Gasteiger partial charge is 0.369 e. The van der Waals surface area contributed by atoms with E-state index in [2.05, 4.69) is 5.32 Å². The summed E-state index contributed by atoms with van der Waals surface area (Å²) in [5.74, 6) is -3.61. The number of hydrogen-bond donors (Lipinski definition) is 2. The van der Waals surface area contributed by atoms with Gasteiger partial charge in [-0.2, -0.15) is 13.2 Å². The minimum atomic E-state index is -4.33. The maximum absolute atomic E-state index is 12.1. The standard InChI is InChI=1S/C6H9F3N2O.ClH/c7-6(8,9)4-2-11-1-3(4)5(10)12;/h3-4,11H,1-2H2,(H2,10,12);1H/t3-,4-;/m1./s1. The summed E-state index contributed by atoms with van der Waals surface area (Å²) in [6.45, 7) is -0.184. The Morgan fingerprint density at radius 2 is 1.92 bits per heavy atom. The summed E-state index contributed by atoms with van der Waals surface area (Å²) in [5, 5.41) is 2.49. The largest absolute Gasteiger partial charge is 0.393 e. The Bertz CT molecular complexity index is 197. The molecule has 1 saturated heterocycles. The number of nitrogens with one attached hydrogen (secondary N) is 1. The molecule has 0 radical (unpaired) electrons. The summed E-state index contributed by atoms with van der Waals surface area (Å²) >= 11 is 0. The molecule has 0 aromatic rings. The van der Waals surface area contributed by atoms with E-state index in [1.807, 2.05) is 0 Å². The first-order valence-electron chi connectivity index (χ1n) is 3.49. The molecule has 0 unspecified atom stereocenters. The predicted molar refractivity (Wildman–Crippen MR) is 42.3 cm³/mol. The second-order valence-electron chi connectivity index (χ2n) is 2.82. The number of nitrogens with two attached hydrogens (primary N) is 1. The van der Waals surface area contributed by atoms with Crippen LogP contribution in [0, 0.1) is 11.8 Å². The van der Waals surface area contributed by atoms with Crippen LogP contribution in [0.2, 0.25) is 0 Å². The molecule has 1 aliphatic heterocycles. The van der Waals surface area contributed by atoms with Crippen LogP contribution in [0.25, 0.3) is 0 Å². The first-order chi connectivity index (χ1) is 5.43. The Labute approximate surface area is 79.3 Å². The van der Waals surface area contributed by atoms with Crippen molar-refractivity contribution in [3.8, 4) is 0 Å². The number of hydrogen-bond acceptors (Lipinski definition) is 2. The fraction of sp³-hybridized carbons (Fsp3) is 0.833. The van der Waals surface area contributed by atoms with E-state index < -0.39 is 23.9 Å². The third-order valence-corrected chi connectivity index (χ3v) is 2.00. The maximum Gasteiger partial charge on any atom is 0.393 e. The monoisotopic (exact) mass is 218 g/mol. The fourth-order valence-electron chi connectivity index (χ4n) is 1.32. The summed E-state index contributed by atoms with van der Waals surface area (Å²) in [7, 11) is 0. The highest BCUT2D eigenvalue weighted by Crippen LogP contribution is 2.33. The molecule has 1 fully saturated rings. The van der Waals surface area contributed by atoms with Crippen molar-refractivity contribution < 1.29 is 18.0 Å². The van der Waals surface area contributed by atoms with Crippen LogP contribution in [-0.4, -0.2) is 25.2 Å². The number of alkyl halides is 3. The van der Waals surface area contributed by atoms with Gasteiger partial charge in [0.05, 0.1) is 11.8 Å². The molecule has 0 aromatic carbocycles. The number of rotatable bonds is 1. The molecule has 0 aliphatic carbocycles. The number of halogens is 4. The molecule has 3 N–H and O–H groups in total. The third kappa shape index (κ3) is 2.73. The summed E-state index contributed by atoms with van der Waals surface area (Å²) in [6, 6.07) is 0. The zero-order valence-corrected chi connectivity index (χ0v) is 7.41. The summed E-state index contributed by atoms with van der Waals surface area (Å²) in [6.07, 6.45) is -4.33. The van der Waals surface area contributed by atoms with Gasteiger partial charge in [-0.3, -0.25) is 4.79 Å². The maximum atomic E-state index is 12.1. The van der Waals surface area contributed by atoms with E-state index in [0.29, 0.717) is 0 Å². The molecular weight excluding hydrogens is 209 g/mol. The van der Waals surface area contributed by atoms with Crippen LogP contribution >= 0.6 is 12.4 Å². The Balaban J connectivity index is 0.00000144. The molecule has 2 atom stereocenters. The van der Waals surface area contributed by atoms with Gasteiger partial charge in [-0.25, -0.2) is 0 Å². The van der Waals surface area contributed by atoms with Crippen molar-refractivity contribution in [1.82, 2.24) is 5.32 Å². The number of carbonyl (C=O) groups excluding carboxylic acids is 1. The molecule has 1 amide bonds. The lowest BCUT2D eigenvalue weighted by Gasteiger charge is -2.18. The van der Waals surface area contributed by atoms with Crippen molar-refractivity contribution in [2.45, 2.75) is 6.18 Å². The summed E-state index contributed by atoms with van der Waals surface area (Å²) in [5.41, 5.74) is 4.81. The Morgan fingerprint density at radius 1 is 1.38 bits per heavy atom. The Kier molecular flexibility index (Phi) is 3.99. The van der Waals surface area contributed by atoms with Crippen LogP contribution in [-0.2, 0) is 4.79 Å². The van der Waals surface area contributed by atoms with E-state index in [0.717, 1.165) is 0 Å². The zero-order valence-electron chi connectivity index (χ0n) is 6.60. The molecule has 7 heteroatoms. The average Bonchev–Trinajstić information content (AvgIpc) is 2.30. The van der Waals surface area contributed by atoms with Gasteiger partial charge in [0.25, 0.3) is 0 Å². The molecule has 0 bridgehead atoms. The Hall–Kier alpha value is -0.490. The van der Waals surface area contributed by atoms with Crippen molar-refractivity contribution in [3.05, 3.63) is 0 Å². The zero-order chi connectivity index (χ0) is 9.35. The van der Waals surface area contributed by atoms with Crippen molar-refractivity contribution in [1.29, 1.82) is 0 Å². The summed E-state index contributed by atoms with van der Waals surface area (Å²) in [4.78, 5) is 10.5. The van der Waals surface area contributed by atoms with Gasteiger partial charge in [0.15, 0.2) is 0 Å². The lowest BCUT2D eigenvalue weighted by molar-refractivity contribution is -0.181. The predicted octanol–water partition coefficient (Wildman–Crippen LogP) is 0.291. The van der Waals surface area contributed by atoms with Gasteiger partial charge < -0.3 is 11.1 Å². The molecule has 1 heterocycles. The first-order valence-corrected chi connectivity index (χ1v) is 3.49. The van der Waals surface area contributed by atoms with Crippen LogP contribution in [0.5, 0.6) is 0 Å². The molecule has 1 rings (SSSR count). The van der Waals surface area contributed by atoms with Gasteiger partial charge in [-0.15, -0.1) is 12.4 Å². The highest BCUT2D eigenvalue weighted by atomic mass is 35.5. The molecule has 0 aromatic heterocycles. The van der Waals surface area contributed by atoms with Crippen LogP contribution in [0.1, 0.15) is 0 Å². The highest BCUT2D eigenvalue weighted by molar-refractivity contribution is 5.85. The molecule has 0 spiro atoms. The summed E-state index contributed by atoms with van der Waals surface area (Å²) < 4.78 is 36.4. The lowest BCUT2D eigenvalue weighted by Crippen LogP contribution is -2.37. The number of carbonyl (C=O) groups is 1. The van der Waals surface area contributed by atoms with Crippen molar-refractivity contribution in [3.63, 3.8) is 0 Å². The van der Waals surface area contributed by atoms with E-state index in [4.69, 9.17) is 5.73 Å². The van der Waals surface area contributed by atoms with E-state index >= 15 is 0 Å². The van der Waals surface area contributed by atoms with E-state index in [-0.39, 0.29) is 25.5 Å². The van der Waals surface area contributed by atoms with Crippen molar-refractivity contribution >= 4 is 18.3 Å². The molecule has 13 heavy (non-hydrogen) atoms.